The van der Waals surface area contributed by atoms with Gasteiger partial charge in [0.2, 0.25) is 0 Å². The molecule has 0 radical (unpaired) electrons. The van der Waals surface area contributed by atoms with Crippen molar-refractivity contribution in [3.63, 3.8) is 0 Å². The maximum atomic E-state index is 13.5. The molecular formula is C17H18F3N3O2S. The van der Waals surface area contributed by atoms with Crippen LogP contribution in [0.4, 0.5) is 18.0 Å². The summed E-state index contributed by atoms with van der Waals surface area (Å²) in [5, 5.41) is 4.61. The Kier molecular flexibility index (Phi) is 5.47. The van der Waals surface area contributed by atoms with Gasteiger partial charge >= 0.3 is 12.2 Å². The molecule has 0 spiro atoms. The fourth-order valence-corrected chi connectivity index (χ4v) is 3.47. The normalized spacial score (nSPS) is 19.2. The standard InChI is InChI=1S/C17H18F3N3O2S/c1-11-3-2-4-12(9-11)14(17(18,19)20)22-16(24)23-6-7-25-13(10-23)15-21-5-8-26-15/h2-5,8-9,13-14H,6-7,10H2,1H3,(H,22,24)/t13-,14+/m0/s1. The molecule has 26 heavy (non-hydrogen) atoms. The molecule has 1 aromatic heterocycles. The van der Waals surface area contributed by atoms with E-state index in [2.05, 4.69) is 10.3 Å². The minimum Gasteiger partial charge on any atom is -0.367 e. The summed E-state index contributed by atoms with van der Waals surface area (Å²) in [4.78, 5) is 18.0. The summed E-state index contributed by atoms with van der Waals surface area (Å²) in [5.41, 5.74) is 0.705. The number of morpholine rings is 1. The van der Waals surface area contributed by atoms with Crippen LogP contribution < -0.4 is 5.32 Å². The highest BCUT2D eigenvalue weighted by atomic mass is 32.1. The lowest BCUT2D eigenvalue weighted by molar-refractivity contribution is -0.155. The molecule has 2 heterocycles. The zero-order chi connectivity index (χ0) is 18.7. The smallest absolute Gasteiger partial charge is 0.367 e. The predicted octanol–water partition coefficient (Wildman–Crippen LogP) is 3.84. The monoisotopic (exact) mass is 385 g/mol. The molecule has 0 unspecified atom stereocenters. The highest BCUT2D eigenvalue weighted by Crippen LogP contribution is 2.33. The summed E-state index contributed by atoms with van der Waals surface area (Å²) in [6.45, 7) is 2.35. The van der Waals surface area contributed by atoms with Gasteiger partial charge < -0.3 is 15.0 Å². The number of rotatable bonds is 3. The van der Waals surface area contributed by atoms with Crippen LogP contribution in [0.1, 0.15) is 28.3 Å². The number of aryl methyl sites for hydroxylation is 1. The van der Waals surface area contributed by atoms with Crippen molar-refractivity contribution in [2.45, 2.75) is 25.2 Å². The van der Waals surface area contributed by atoms with E-state index in [4.69, 9.17) is 4.74 Å². The zero-order valence-corrected chi connectivity index (χ0v) is 14.8. The van der Waals surface area contributed by atoms with E-state index < -0.39 is 24.4 Å². The van der Waals surface area contributed by atoms with Crippen LogP contribution in [-0.2, 0) is 4.74 Å². The van der Waals surface area contributed by atoms with E-state index in [9.17, 15) is 18.0 Å². The Bertz CT molecular complexity index is 752. The number of nitrogens with one attached hydrogen (secondary N) is 1. The SMILES string of the molecule is Cc1cccc([C@@H](NC(=O)N2CCO[C@H](c3nccs3)C2)C(F)(F)F)c1. The molecule has 1 N–H and O–H groups in total. The van der Waals surface area contributed by atoms with E-state index in [0.717, 1.165) is 0 Å². The third-order valence-corrected chi connectivity index (χ3v) is 4.92. The lowest BCUT2D eigenvalue weighted by Crippen LogP contribution is -2.50. The fourth-order valence-electron chi connectivity index (χ4n) is 2.80. The van der Waals surface area contributed by atoms with Gasteiger partial charge in [-0.15, -0.1) is 11.3 Å². The maximum absolute atomic E-state index is 13.5. The number of halogens is 3. The molecule has 1 fully saturated rings. The molecule has 0 aliphatic carbocycles. The molecule has 1 aromatic carbocycles. The number of hydrogen-bond acceptors (Lipinski definition) is 4. The van der Waals surface area contributed by atoms with Crippen molar-refractivity contribution in [1.82, 2.24) is 15.2 Å². The average Bonchev–Trinajstić information content (AvgIpc) is 3.13. The van der Waals surface area contributed by atoms with Crippen LogP contribution in [0.2, 0.25) is 0 Å². The Morgan fingerprint density at radius 2 is 2.27 bits per heavy atom. The number of hydrogen-bond donors (Lipinski definition) is 1. The van der Waals surface area contributed by atoms with Crippen molar-refractivity contribution in [3.8, 4) is 0 Å². The van der Waals surface area contributed by atoms with Gasteiger partial charge in [-0.25, -0.2) is 9.78 Å². The summed E-state index contributed by atoms with van der Waals surface area (Å²) in [6.07, 6.45) is -3.39. The number of aromatic nitrogens is 1. The minimum atomic E-state index is -4.59. The van der Waals surface area contributed by atoms with Crippen molar-refractivity contribution in [2.24, 2.45) is 0 Å². The van der Waals surface area contributed by atoms with Gasteiger partial charge in [-0.1, -0.05) is 29.8 Å². The second-order valence-electron chi connectivity index (χ2n) is 6.01. The number of nitrogens with zero attached hydrogens (tertiary/aromatic N) is 2. The summed E-state index contributed by atoms with van der Waals surface area (Å²) >= 11 is 1.39. The summed E-state index contributed by atoms with van der Waals surface area (Å²) in [6, 6.07) is 3.22. The van der Waals surface area contributed by atoms with Crippen molar-refractivity contribution >= 4 is 17.4 Å². The van der Waals surface area contributed by atoms with E-state index in [1.54, 1.807) is 30.6 Å². The molecule has 2 aromatic rings. The Morgan fingerprint density at radius 3 is 2.92 bits per heavy atom. The Labute approximate surface area is 152 Å². The predicted molar refractivity (Wildman–Crippen MR) is 90.9 cm³/mol. The van der Waals surface area contributed by atoms with Crippen molar-refractivity contribution in [1.29, 1.82) is 0 Å². The molecule has 0 saturated carbocycles. The number of amides is 2. The second kappa shape index (κ2) is 7.63. The summed E-state index contributed by atoms with van der Waals surface area (Å²) in [5.74, 6) is 0. The summed E-state index contributed by atoms with van der Waals surface area (Å²) in [7, 11) is 0. The van der Waals surface area contributed by atoms with Gasteiger partial charge in [0.05, 0.1) is 13.2 Å². The van der Waals surface area contributed by atoms with Crippen LogP contribution >= 0.6 is 11.3 Å². The Hall–Kier alpha value is -2.13. The molecule has 3 rings (SSSR count). The number of ether oxygens (including phenoxy) is 1. The quantitative estimate of drug-likeness (QED) is 0.874. The number of thiazole rings is 1. The third kappa shape index (κ3) is 4.34. The maximum Gasteiger partial charge on any atom is 0.412 e. The number of carbonyl (C=O) groups is 1. The number of urea groups is 1. The van der Waals surface area contributed by atoms with Gasteiger partial charge in [-0.3, -0.25) is 0 Å². The molecule has 5 nitrogen and oxygen atoms in total. The number of alkyl halides is 3. The van der Waals surface area contributed by atoms with Gasteiger partial charge in [0, 0.05) is 18.1 Å². The highest BCUT2D eigenvalue weighted by Gasteiger charge is 2.43. The average molecular weight is 385 g/mol. The van der Waals surface area contributed by atoms with Crippen LogP contribution in [0, 0.1) is 6.92 Å². The van der Waals surface area contributed by atoms with Crippen LogP contribution in [0.3, 0.4) is 0 Å². The van der Waals surface area contributed by atoms with Crippen LogP contribution in [0.5, 0.6) is 0 Å². The first-order chi connectivity index (χ1) is 12.3. The van der Waals surface area contributed by atoms with Crippen molar-refractivity contribution < 1.29 is 22.7 Å². The molecule has 1 saturated heterocycles. The van der Waals surface area contributed by atoms with Crippen molar-refractivity contribution in [3.05, 3.63) is 52.0 Å². The summed E-state index contributed by atoms with van der Waals surface area (Å²) < 4.78 is 46.1. The Balaban J connectivity index is 1.73. The largest absolute Gasteiger partial charge is 0.412 e. The highest BCUT2D eigenvalue weighted by molar-refractivity contribution is 7.09. The molecule has 2 atom stereocenters. The van der Waals surface area contributed by atoms with Crippen LogP contribution in [-0.4, -0.2) is 41.8 Å². The minimum absolute atomic E-state index is 0.00980. The van der Waals surface area contributed by atoms with Gasteiger partial charge in [0.15, 0.2) is 6.04 Å². The van der Waals surface area contributed by atoms with E-state index in [1.807, 2.05) is 0 Å². The molecule has 0 bridgehead atoms. The van der Waals surface area contributed by atoms with Gasteiger partial charge in [0.1, 0.15) is 11.1 Å². The van der Waals surface area contributed by atoms with E-state index in [0.29, 0.717) is 10.6 Å². The fraction of sp³-hybridized carbons (Fsp3) is 0.412. The van der Waals surface area contributed by atoms with Gasteiger partial charge in [0.25, 0.3) is 0 Å². The van der Waals surface area contributed by atoms with Crippen LogP contribution in [0.15, 0.2) is 35.8 Å². The van der Waals surface area contributed by atoms with Crippen molar-refractivity contribution in [2.75, 3.05) is 19.7 Å². The first-order valence-corrected chi connectivity index (χ1v) is 8.92. The first kappa shape index (κ1) is 18.7. The van der Waals surface area contributed by atoms with Gasteiger partial charge in [-0.05, 0) is 12.5 Å². The van der Waals surface area contributed by atoms with Gasteiger partial charge in [-0.2, -0.15) is 13.2 Å². The first-order valence-electron chi connectivity index (χ1n) is 8.04. The lowest BCUT2D eigenvalue weighted by Gasteiger charge is -2.33. The van der Waals surface area contributed by atoms with E-state index >= 15 is 0 Å². The molecule has 1 aliphatic rings. The third-order valence-electron chi connectivity index (χ3n) is 4.05. The zero-order valence-electron chi connectivity index (χ0n) is 14.0. The van der Waals surface area contributed by atoms with E-state index in [1.165, 1.54) is 28.4 Å². The molecule has 140 valence electrons. The topological polar surface area (TPSA) is 54.5 Å². The molecule has 9 heteroatoms. The second-order valence-corrected chi connectivity index (χ2v) is 6.94. The number of benzene rings is 1. The van der Waals surface area contributed by atoms with E-state index in [-0.39, 0.29) is 25.3 Å². The Morgan fingerprint density at radius 1 is 1.46 bits per heavy atom. The lowest BCUT2D eigenvalue weighted by atomic mass is 10.0. The number of carbonyl (C=O) groups excluding carboxylic acids is 1. The molecule has 1 aliphatic heterocycles. The van der Waals surface area contributed by atoms with Crippen LogP contribution in [0.25, 0.3) is 0 Å². The molecule has 2 amide bonds. The molecular weight excluding hydrogens is 367 g/mol.